The molecule has 6 nitrogen and oxygen atoms in total. The van der Waals surface area contributed by atoms with Crippen molar-refractivity contribution < 1.29 is 24.2 Å². The van der Waals surface area contributed by atoms with E-state index in [1.807, 2.05) is 0 Å². The Morgan fingerprint density at radius 2 is 1.95 bits per heavy atom. The second-order valence-corrected chi connectivity index (χ2v) is 3.69. The summed E-state index contributed by atoms with van der Waals surface area (Å²) in [5, 5.41) is 18.4. The molecular formula is C13H10O6. The number of carbonyl (C=O) groups is 1. The number of aromatic hydroxyl groups is 2. The second kappa shape index (κ2) is 5.26. The first-order valence-corrected chi connectivity index (χ1v) is 5.34. The minimum absolute atomic E-state index is 0.0172. The van der Waals surface area contributed by atoms with Gasteiger partial charge in [-0.05, 0) is 12.1 Å². The molecule has 0 saturated carbocycles. The van der Waals surface area contributed by atoms with Crippen molar-refractivity contribution in [2.24, 2.45) is 0 Å². The Hall–Kier alpha value is -2.76. The number of phenols is 1. The molecule has 2 N–H and O–H groups in total. The van der Waals surface area contributed by atoms with Crippen molar-refractivity contribution in [3.8, 4) is 11.5 Å². The van der Waals surface area contributed by atoms with Gasteiger partial charge in [-0.25, -0.2) is 4.79 Å². The molecule has 1 aromatic heterocycles. The lowest BCUT2D eigenvalue weighted by atomic mass is 10.2. The van der Waals surface area contributed by atoms with Gasteiger partial charge >= 0.3 is 5.97 Å². The van der Waals surface area contributed by atoms with E-state index in [0.29, 0.717) is 0 Å². The Bertz CT molecular complexity index is 658. The molecule has 0 spiro atoms. The highest BCUT2D eigenvalue weighted by Gasteiger charge is 2.12. The molecule has 1 aromatic carbocycles. The molecule has 0 unspecified atom stereocenters. The van der Waals surface area contributed by atoms with E-state index in [4.69, 9.17) is 14.3 Å². The second-order valence-electron chi connectivity index (χ2n) is 3.69. The highest BCUT2D eigenvalue weighted by molar-refractivity contribution is 5.92. The molecule has 0 saturated heterocycles. The zero-order valence-corrected chi connectivity index (χ0v) is 9.70. The molecule has 0 aliphatic rings. The number of rotatable bonds is 3. The van der Waals surface area contributed by atoms with Crippen LogP contribution in [0.5, 0.6) is 11.5 Å². The number of hydrogen-bond acceptors (Lipinski definition) is 6. The highest BCUT2D eigenvalue weighted by atomic mass is 16.5. The van der Waals surface area contributed by atoms with Crippen molar-refractivity contribution in [1.29, 1.82) is 0 Å². The van der Waals surface area contributed by atoms with Crippen LogP contribution >= 0.6 is 0 Å². The predicted molar refractivity (Wildman–Crippen MR) is 63.9 cm³/mol. The fourth-order valence-corrected chi connectivity index (χ4v) is 1.38. The molecule has 0 radical (unpaired) electrons. The van der Waals surface area contributed by atoms with Crippen molar-refractivity contribution in [3.63, 3.8) is 0 Å². The number of phenolic OH excluding ortho intramolecular Hbond substituents is 1. The zero-order chi connectivity index (χ0) is 13.8. The van der Waals surface area contributed by atoms with Crippen LogP contribution in [0, 0.1) is 0 Å². The van der Waals surface area contributed by atoms with E-state index in [1.165, 1.54) is 12.1 Å². The Morgan fingerprint density at radius 3 is 2.63 bits per heavy atom. The largest absolute Gasteiger partial charge is 0.507 e. The minimum atomic E-state index is -0.742. The van der Waals surface area contributed by atoms with Gasteiger partial charge in [0, 0.05) is 6.07 Å². The predicted octanol–water partition coefficient (Wildman–Crippen LogP) is 1.41. The van der Waals surface area contributed by atoms with Crippen LogP contribution < -0.4 is 5.43 Å². The summed E-state index contributed by atoms with van der Waals surface area (Å²) in [6.07, 6.45) is 0.867. The highest BCUT2D eigenvalue weighted by Crippen LogP contribution is 2.17. The van der Waals surface area contributed by atoms with E-state index in [0.717, 1.165) is 12.3 Å². The van der Waals surface area contributed by atoms with Crippen LogP contribution in [0.25, 0.3) is 0 Å². The zero-order valence-electron chi connectivity index (χ0n) is 9.70. The van der Waals surface area contributed by atoms with Gasteiger partial charge in [-0.1, -0.05) is 12.1 Å². The summed E-state index contributed by atoms with van der Waals surface area (Å²) >= 11 is 0. The molecule has 98 valence electrons. The summed E-state index contributed by atoms with van der Waals surface area (Å²) in [6, 6.07) is 6.94. The molecule has 0 aliphatic heterocycles. The average molecular weight is 262 g/mol. The number of carbonyl (C=O) groups excluding carboxylic acids is 1. The summed E-state index contributed by atoms with van der Waals surface area (Å²) in [7, 11) is 0. The standard InChI is InChI=1S/C13H10O6/c14-10-4-2-1-3-9(10)13(17)19-6-8-5-11(15)12(16)7-18-8/h1-5,7,14,16H,6H2. The first kappa shape index (κ1) is 12.7. The minimum Gasteiger partial charge on any atom is -0.507 e. The molecule has 1 heterocycles. The number of para-hydroxylation sites is 1. The van der Waals surface area contributed by atoms with Gasteiger partial charge in [-0.3, -0.25) is 4.79 Å². The molecule has 2 aromatic rings. The molecule has 0 aliphatic carbocycles. The summed E-state index contributed by atoms with van der Waals surface area (Å²) in [5.74, 6) is -1.36. The fourth-order valence-electron chi connectivity index (χ4n) is 1.38. The molecule has 0 atom stereocenters. The third kappa shape index (κ3) is 2.92. The molecule has 0 amide bonds. The summed E-state index contributed by atoms with van der Waals surface area (Å²) in [4.78, 5) is 22.8. The number of ether oxygens (including phenoxy) is 1. The average Bonchev–Trinajstić information content (AvgIpc) is 2.40. The van der Waals surface area contributed by atoms with Crippen LogP contribution in [0.15, 0.2) is 45.8 Å². The van der Waals surface area contributed by atoms with Gasteiger partial charge in [0.1, 0.15) is 29.9 Å². The fraction of sp³-hybridized carbons (Fsp3) is 0.0769. The molecular weight excluding hydrogens is 252 g/mol. The molecule has 19 heavy (non-hydrogen) atoms. The number of hydrogen-bond donors (Lipinski definition) is 2. The van der Waals surface area contributed by atoms with E-state index in [1.54, 1.807) is 12.1 Å². The van der Waals surface area contributed by atoms with Crippen molar-refractivity contribution in [2.75, 3.05) is 0 Å². The first-order chi connectivity index (χ1) is 9.08. The Balaban J connectivity index is 2.07. The Labute approximate surface area is 107 Å². The van der Waals surface area contributed by atoms with Crippen molar-refractivity contribution >= 4 is 5.97 Å². The topological polar surface area (TPSA) is 97.0 Å². The van der Waals surface area contributed by atoms with Crippen molar-refractivity contribution in [3.05, 3.63) is 58.1 Å². The lowest BCUT2D eigenvalue weighted by Crippen LogP contribution is -2.07. The number of esters is 1. The SMILES string of the molecule is O=C(OCc1cc(=O)c(O)co1)c1ccccc1O. The van der Waals surface area contributed by atoms with Crippen LogP contribution in [0.2, 0.25) is 0 Å². The van der Waals surface area contributed by atoms with E-state index in [2.05, 4.69) is 0 Å². The maximum atomic E-state index is 11.6. The van der Waals surface area contributed by atoms with E-state index < -0.39 is 17.1 Å². The first-order valence-electron chi connectivity index (χ1n) is 5.34. The third-order valence-electron chi connectivity index (χ3n) is 2.34. The molecule has 0 fully saturated rings. The third-order valence-corrected chi connectivity index (χ3v) is 2.34. The summed E-state index contributed by atoms with van der Waals surface area (Å²) in [6.45, 7) is -0.275. The monoisotopic (exact) mass is 262 g/mol. The van der Waals surface area contributed by atoms with Gasteiger partial charge < -0.3 is 19.4 Å². The quantitative estimate of drug-likeness (QED) is 0.812. The Kier molecular flexibility index (Phi) is 3.51. The van der Waals surface area contributed by atoms with Crippen LogP contribution in [0.3, 0.4) is 0 Å². The van der Waals surface area contributed by atoms with E-state index >= 15 is 0 Å². The van der Waals surface area contributed by atoms with Gasteiger partial charge in [0.05, 0.1) is 0 Å². The van der Waals surface area contributed by atoms with Crippen LogP contribution in [-0.4, -0.2) is 16.2 Å². The molecule has 2 rings (SSSR count). The smallest absolute Gasteiger partial charge is 0.342 e. The lowest BCUT2D eigenvalue weighted by molar-refractivity contribution is 0.0439. The van der Waals surface area contributed by atoms with Gasteiger partial charge in [-0.15, -0.1) is 0 Å². The molecule has 6 heteroatoms. The summed E-state index contributed by atoms with van der Waals surface area (Å²) < 4.78 is 9.74. The maximum Gasteiger partial charge on any atom is 0.342 e. The van der Waals surface area contributed by atoms with Crippen molar-refractivity contribution in [1.82, 2.24) is 0 Å². The van der Waals surface area contributed by atoms with Gasteiger partial charge in [-0.2, -0.15) is 0 Å². The maximum absolute atomic E-state index is 11.6. The lowest BCUT2D eigenvalue weighted by Gasteiger charge is -2.05. The van der Waals surface area contributed by atoms with E-state index in [-0.39, 0.29) is 23.7 Å². The molecule has 0 bridgehead atoms. The van der Waals surface area contributed by atoms with Gasteiger partial charge in [0.25, 0.3) is 0 Å². The van der Waals surface area contributed by atoms with Crippen LogP contribution in [0.4, 0.5) is 0 Å². The van der Waals surface area contributed by atoms with Gasteiger partial charge in [0.2, 0.25) is 5.43 Å². The summed E-state index contributed by atoms with van der Waals surface area (Å²) in [5.41, 5.74) is -0.608. The number of benzene rings is 1. The normalized spacial score (nSPS) is 10.1. The van der Waals surface area contributed by atoms with E-state index in [9.17, 15) is 14.7 Å². The van der Waals surface area contributed by atoms with Crippen LogP contribution in [-0.2, 0) is 11.3 Å². The van der Waals surface area contributed by atoms with Gasteiger partial charge in [0.15, 0.2) is 5.75 Å². The van der Waals surface area contributed by atoms with Crippen molar-refractivity contribution in [2.45, 2.75) is 6.61 Å². The van der Waals surface area contributed by atoms with Crippen LogP contribution in [0.1, 0.15) is 16.1 Å². The Morgan fingerprint density at radius 1 is 1.21 bits per heavy atom.